The van der Waals surface area contributed by atoms with Gasteiger partial charge in [-0.25, -0.2) is 8.42 Å². The molecule has 5 nitrogen and oxygen atoms in total. The van der Waals surface area contributed by atoms with Crippen LogP contribution in [0.5, 0.6) is 0 Å². The fourth-order valence-electron chi connectivity index (χ4n) is 0.363. The Kier molecular flexibility index (Phi) is 1.69. The first-order valence-corrected chi connectivity index (χ1v) is 3.28. The summed E-state index contributed by atoms with van der Waals surface area (Å²) in [5.41, 5.74) is 0. The number of thiol groups is 1. The predicted octanol–water partition coefficient (Wildman–Crippen LogP) is -0.387. The van der Waals surface area contributed by atoms with Gasteiger partial charge in [-0.3, -0.25) is 4.72 Å². The van der Waals surface area contributed by atoms with Crippen LogP contribution in [-0.2, 0) is 10.9 Å². The molecule has 0 saturated heterocycles. The van der Waals surface area contributed by atoms with Crippen LogP contribution < -0.4 is 4.72 Å². The maximum atomic E-state index is 9.90. The standard InChI is InChI=1S/C3H4N2O3S/c6-9(7)5-3-1-2-4-8-3/h1-2,9H,(H,5,6,7). The molecule has 50 valence electrons. The van der Waals surface area contributed by atoms with Gasteiger partial charge in [-0.1, -0.05) is 5.16 Å². The van der Waals surface area contributed by atoms with Crippen LogP contribution in [0.1, 0.15) is 0 Å². The zero-order chi connectivity index (χ0) is 6.69. The predicted molar refractivity (Wildman–Crippen MR) is 30.4 cm³/mol. The van der Waals surface area contributed by atoms with E-state index in [4.69, 9.17) is 0 Å². The first-order valence-electron chi connectivity index (χ1n) is 2.11. The Morgan fingerprint density at radius 3 is 2.89 bits per heavy atom. The van der Waals surface area contributed by atoms with Crippen molar-refractivity contribution < 1.29 is 12.9 Å². The number of hydrogen-bond donors (Lipinski definition) is 2. The van der Waals surface area contributed by atoms with E-state index in [0.717, 1.165) is 0 Å². The minimum atomic E-state index is -2.63. The molecule has 1 heterocycles. The lowest BCUT2D eigenvalue weighted by Crippen LogP contribution is -1.91. The summed E-state index contributed by atoms with van der Waals surface area (Å²) < 4.78 is 26.2. The van der Waals surface area contributed by atoms with Crippen molar-refractivity contribution in [1.29, 1.82) is 0 Å². The third-order valence-corrected chi connectivity index (χ3v) is 1.04. The monoisotopic (exact) mass is 148 g/mol. The summed E-state index contributed by atoms with van der Waals surface area (Å²) in [4.78, 5) is 0. The van der Waals surface area contributed by atoms with Crippen molar-refractivity contribution in [1.82, 2.24) is 5.16 Å². The molecule has 0 aromatic carbocycles. The molecule has 0 amide bonds. The topological polar surface area (TPSA) is 72.2 Å². The molecule has 0 bridgehead atoms. The van der Waals surface area contributed by atoms with Crippen LogP contribution in [0, 0.1) is 0 Å². The van der Waals surface area contributed by atoms with Crippen molar-refractivity contribution in [2.45, 2.75) is 0 Å². The van der Waals surface area contributed by atoms with Gasteiger partial charge in [0.05, 0.1) is 6.20 Å². The van der Waals surface area contributed by atoms with Gasteiger partial charge in [0.2, 0.25) is 16.8 Å². The van der Waals surface area contributed by atoms with E-state index in [1.165, 1.54) is 12.3 Å². The Morgan fingerprint density at radius 1 is 1.67 bits per heavy atom. The molecular weight excluding hydrogens is 144 g/mol. The normalized spacial score (nSPS) is 9.89. The first kappa shape index (κ1) is 6.09. The van der Waals surface area contributed by atoms with E-state index < -0.39 is 10.9 Å². The van der Waals surface area contributed by atoms with Gasteiger partial charge in [-0.2, -0.15) is 0 Å². The molecule has 0 atom stereocenters. The van der Waals surface area contributed by atoms with Crippen LogP contribution in [0.3, 0.4) is 0 Å². The van der Waals surface area contributed by atoms with Gasteiger partial charge in [-0.05, 0) is 0 Å². The second kappa shape index (κ2) is 2.49. The summed E-state index contributed by atoms with van der Waals surface area (Å²) in [6.45, 7) is 0. The molecule has 1 rings (SSSR count). The molecule has 0 saturated carbocycles. The van der Waals surface area contributed by atoms with E-state index in [-0.39, 0.29) is 5.88 Å². The van der Waals surface area contributed by atoms with Gasteiger partial charge in [0.1, 0.15) is 0 Å². The van der Waals surface area contributed by atoms with E-state index in [0.29, 0.717) is 0 Å². The SMILES string of the molecule is O=[SH](=O)Nc1ccno1. The number of hydrogen-bond acceptors (Lipinski definition) is 4. The van der Waals surface area contributed by atoms with Crippen molar-refractivity contribution in [2.24, 2.45) is 0 Å². The molecule has 0 fully saturated rings. The van der Waals surface area contributed by atoms with Crippen LogP contribution in [0.15, 0.2) is 16.8 Å². The Balaban J connectivity index is 2.68. The minimum Gasteiger partial charge on any atom is -0.338 e. The van der Waals surface area contributed by atoms with Gasteiger partial charge < -0.3 is 4.52 Å². The highest BCUT2D eigenvalue weighted by Gasteiger charge is 1.91. The smallest absolute Gasteiger partial charge is 0.237 e. The molecule has 1 N–H and O–H groups in total. The average molecular weight is 148 g/mol. The summed E-state index contributed by atoms with van der Waals surface area (Å²) in [6.07, 6.45) is 1.35. The van der Waals surface area contributed by atoms with Gasteiger partial charge >= 0.3 is 0 Å². The Bertz CT molecular complexity index is 232. The molecule has 6 heteroatoms. The maximum Gasteiger partial charge on any atom is 0.237 e. The van der Waals surface area contributed by atoms with Gasteiger partial charge in [0, 0.05) is 6.07 Å². The highest BCUT2D eigenvalue weighted by molar-refractivity contribution is 7.73. The second-order valence-corrected chi connectivity index (χ2v) is 1.98. The molecule has 0 aliphatic heterocycles. The van der Waals surface area contributed by atoms with Crippen molar-refractivity contribution >= 4 is 16.8 Å². The maximum absolute atomic E-state index is 9.90. The van der Waals surface area contributed by atoms with Crippen molar-refractivity contribution in [2.75, 3.05) is 4.72 Å². The fourth-order valence-corrected chi connectivity index (χ4v) is 0.659. The molecule has 0 spiro atoms. The molecule has 1 aromatic rings. The first-order chi connectivity index (χ1) is 4.29. The molecule has 0 aliphatic rings. The minimum absolute atomic E-state index is 0.131. The number of nitrogens with one attached hydrogen (secondary N) is 1. The fraction of sp³-hybridized carbons (Fsp3) is 0. The zero-order valence-corrected chi connectivity index (χ0v) is 5.17. The van der Waals surface area contributed by atoms with Crippen LogP contribution in [0.2, 0.25) is 0 Å². The number of aromatic nitrogens is 1. The van der Waals surface area contributed by atoms with E-state index in [2.05, 4.69) is 9.68 Å². The van der Waals surface area contributed by atoms with Crippen LogP contribution in [0.4, 0.5) is 5.88 Å². The van der Waals surface area contributed by atoms with Crippen LogP contribution in [-0.4, -0.2) is 13.6 Å². The Hall–Kier alpha value is -1.04. The zero-order valence-electron chi connectivity index (χ0n) is 4.27. The summed E-state index contributed by atoms with van der Waals surface area (Å²) in [5, 5.41) is 3.27. The average Bonchev–Trinajstić information content (AvgIpc) is 2.15. The lowest BCUT2D eigenvalue weighted by atomic mass is 10.7. The summed E-state index contributed by atoms with van der Waals surface area (Å²) >= 11 is 0. The Labute approximate surface area is 52.7 Å². The number of anilines is 1. The quantitative estimate of drug-likeness (QED) is 0.560. The summed E-state index contributed by atoms with van der Waals surface area (Å²) in [5.74, 6) is 0.131. The largest absolute Gasteiger partial charge is 0.338 e. The second-order valence-electron chi connectivity index (χ2n) is 1.25. The van der Waals surface area contributed by atoms with Crippen LogP contribution in [0.25, 0.3) is 0 Å². The molecule has 1 aromatic heterocycles. The highest BCUT2D eigenvalue weighted by atomic mass is 32.2. The van der Waals surface area contributed by atoms with E-state index in [1.807, 2.05) is 4.72 Å². The van der Waals surface area contributed by atoms with Gasteiger partial charge in [0.15, 0.2) is 0 Å². The van der Waals surface area contributed by atoms with Crippen molar-refractivity contribution in [3.8, 4) is 0 Å². The molecule has 0 radical (unpaired) electrons. The summed E-state index contributed by atoms with van der Waals surface area (Å²) in [6, 6.07) is 1.41. The van der Waals surface area contributed by atoms with E-state index in [9.17, 15) is 8.42 Å². The lowest BCUT2D eigenvalue weighted by Gasteiger charge is -1.84. The van der Waals surface area contributed by atoms with Gasteiger partial charge in [-0.15, -0.1) is 0 Å². The Morgan fingerprint density at radius 2 is 2.44 bits per heavy atom. The number of nitrogens with zero attached hydrogens (tertiary/aromatic N) is 1. The number of rotatable bonds is 2. The summed E-state index contributed by atoms with van der Waals surface area (Å²) in [7, 11) is -2.63. The van der Waals surface area contributed by atoms with Crippen LogP contribution >= 0.6 is 0 Å². The molecular formula is C3H4N2O3S. The van der Waals surface area contributed by atoms with E-state index >= 15 is 0 Å². The molecule has 0 aliphatic carbocycles. The lowest BCUT2D eigenvalue weighted by molar-refractivity contribution is 0.436. The van der Waals surface area contributed by atoms with Gasteiger partial charge in [0.25, 0.3) is 0 Å². The van der Waals surface area contributed by atoms with E-state index in [1.54, 1.807) is 0 Å². The molecule has 0 unspecified atom stereocenters. The highest BCUT2D eigenvalue weighted by Crippen LogP contribution is 2.01. The third kappa shape index (κ3) is 1.73. The molecule has 9 heavy (non-hydrogen) atoms. The van der Waals surface area contributed by atoms with Crippen molar-refractivity contribution in [3.63, 3.8) is 0 Å². The third-order valence-electron chi connectivity index (χ3n) is 0.639. The van der Waals surface area contributed by atoms with Crippen molar-refractivity contribution in [3.05, 3.63) is 12.3 Å².